The van der Waals surface area contributed by atoms with Gasteiger partial charge in [0.25, 0.3) is 0 Å². The van der Waals surface area contributed by atoms with Gasteiger partial charge in [-0.25, -0.2) is 0 Å². The minimum Gasteiger partial charge on any atom is -0.386 e. The zero-order valence-electron chi connectivity index (χ0n) is 11.8. The second-order valence-corrected chi connectivity index (χ2v) is 7.08. The predicted molar refractivity (Wildman–Crippen MR) is 78.1 cm³/mol. The Bertz CT molecular complexity index is 378. The molecule has 1 aromatic rings. The summed E-state index contributed by atoms with van der Waals surface area (Å²) in [4.78, 5) is 4.67. The second kappa shape index (κ2) is 5.72. The summed E-state index contributed by atoms with van der Waals surface area (Å²) in [6, 6.07) is 4.21. The van der Waals surface area contributed by atoms with E-state index >= 15 is 0 Å². The summed E-state index contributed by atoms with van der Waals surface area (Å²) in [6.07, 6.45) is 6.97. The van der Waals surface area contributed by atoms with E-state index in [4.69, 9.17) is 0 Å². The van der Waals surface area contributed by atoms with Crippen molar-refractivity contribution < 1.29 is 5.11 Å². The van der Waals surface area contributed by atoms with Crippen molar-refractivity contribution in [1.82, 2.24) is 4.90 Å². The Hall–Kier alpha value is -0.380. The summed E-state index contributed by atoms with van der Waals surface area (Å²) < 4.78 is 0. The van der Waals surface area contributed by atoms with Crippen LogP contribution in [-0.4, -0.2) is 29.6 Å². The van der Waals surface area contributed by atoms with E-state index in [2.05, 4.69) is 38.1 Å². The average molecular weight is 267 g/mol. The molecule has 0 aliphatic heterocycles. The fourth-order valence-corrected chi connectivity index (χ4v) is 4.15. The molecule has 1 atom stereocenters. The van der Waals surface area contributed by atoms with Crippen LogP contribution in [0.1, 0.15) is 54.4 Å². The van der Waals surface area contributed by atoms with E-state index in [1.165, 1.54) is 30.6 Å². The topological polar surface area (TPSA) is 23.5 Å². The molecule has 0 bridgehead atoms. The summed E-state index contributed by atoms with van der Waals surface area (Å²) >= 11 is 1.74. The number of rotatable bonds is 3. The quantitative estimate of drug-likeness (QED) is 0.843. The third kappa shape index (κ3) is 2.63. The first-order valence-corrected chi connectivity index (χ1v) is 7.80. The first kappa shape index (κ1) is 14.0. The van der Waals surface area contributed by atoms with E-state index in [-0.39, 0.29) is 11.6 Å². The summed E-state index contributed by atoms with van der Waals surface area (Å²) in [5, 5.41) is 10.9. The van der Waals surface area contributed by atoms with Gasteiger partial charge in [0.15, 0.2) is 0 Å². The molecule has 1 unspecified atom stereocenters. The largest absolute Gasteiger partial charge is 0.386 e. The van der Waals surface area contributed by atoms with Gasteiger partial charge in [0, 0.05) is 9.75 Å². The molecule has 2 nitrogen and oxygen atoms in total. The predicted octanol–water partition coefficient (Wildman–Crippen LogP) is 3.74. The van der Waals surface area contributed by atoms with Gasteiger partial charge < -0.3 is 10.0 Å². The number of hydrogen-bond donors (Lipinski definition) is 1. The van der Waals surface area contributed by atoms with Crippen molar-refractivity contribution in [2.75, 3.05) is 14.1 Å². The monoisotopic (exact) mass is 267 g/mol. The highest BCUT2D eigenvalue weighted by molar-refractivity contribution is 7.12. The smallest absolute Gasteiger partial charge is 0.106 e. The van der Waals surface area contributed by atoms with E-state index in [0.29, 0.717) is 0 Å². The van der Waals surface area contributed by atoms with Gasteiger partial charge in [-0.15, -0.1) is 11.3 Å². The van der Waals surface area contributed by atoms with Crippen LogP contribution in [0.4, 0.5) is 0 Å². The van der Waals surface area contributed by atoms with Gasteiger partial charge in [0.1, 0.15) is 6.10 Å². The Labute approximate surface area is 115 Å². The normalized spacial score (nSPS) is 21.8. The maximum absolute atomic E-state index is 10.9. The average Bonchev–Trinajstić information content (AvgIpc) is 2.63. The second-order valence-electron chi connectivity index (χ2n) is 5.76. The number of aliphatic hydroxyl groups excluding tert-OH is 1. The zero-order valence-corrected chi connectivity index (χ0v) is 12.6. The number of thiophene rings is 1. The fourth-order valence-electron chi connectivity index (χ4n) is 3.17. The van der Waals surface area contributed by atoms with Crippen LogP contribution in [0.15, 0.2) is 12.1 Å². The van der Waals surface area contributed by atoms with Gasteiger partial charge in [-0.3, -0.25) is 0 Å². The van der Waals surface area contributed by atoms with Crippen molar-refractivity contribution in [2.45, 2.75) is 57.1 Å². The van der Waals surface area contributed by atoms with Gasteiger partial charge in [-0.2, -0.15) is 0 Å². The maximum Gasteiger partial charge on any atom is 0.106 e. The van der Waals surface area contributed by atoms with E-state index in [1.54, 1.807) is 11.3 Å². The Morgan fingerprint density at radius 2 is 1.78 bits per heavy atom. The van der Waals surface area contributed by atoms with E-state index in [1.807, 2.05) is 0 Å². The Kier molecular flexibility index (Phi) is 4.46. The minimum absolute atomic E-state index is 0.0617. The fraction of sp³-hybridized carbons (Fsp3) is 0.733. The number of aryl methyl sites for hydroxylation is 1. The standard InChI is InChI=1S/C15H25NOS/c1-12-8-9-13(18-12)14(17)15(16(2)3)10-6-4-5-7-11-15/h8-9,14,17H,4-7,10-11H2,1-3H3. The lowest BCUT2D eigenvalue weighted by Gasteiger charge is -2.43. The lowest BCUT2D eigenvalue weighted by Crippen LogP contribution is -2.48. The molecular formula is C15H25NOS. The highest BCUT2D eigenvalue weighted by Gasteiger charge is 2.41. The molecule has 1 aliphatic carbocycles. The third-order valence-electron chi connectivity index (χ3n) is 4.40. The minimum atomic E-state index is -0.343. The number of nitrogens with zero attached hydrogens (tertiary/aromatic N) is 1. The van der Waals surface area contributed by atoms with Crippen LogP contribution in [0.25, 0.3) is 0 Å². The van der Waals surface area contributed by atoms with E-state index < -0.39 is 0 Å². The van der Waals surface area contributed by atoms with Gasteiger partial charge in [-0.05, 0) is 46.0 Å². The summed E-state index contributed by atoms with van der Waals surface area (Å²) in [6.45, 7) is 2.11. The molecule has 0 aromatic carbocycles. The van der Waals surface area contributed by atoms with Crippen molar-refractivity contribution in [3.05, 3.63) is 21.9 Å². The summed E-state index contributed by atoms with van der Waals surface area (Å²) in [5.74, 6) is 0. The summed E-state index contributed by atoms with van der Waals surface area (Å²) in [7, 11) is 4.24. The highest BCUT2D eigenvalue weighted by Crippen LogP contribution is 2.42. The molecule has 1 N–H and O–H groups in total. The van der Waals surface area contributed by atoms with Gasteiger partial charge >= 0.3 is 0 Å². The molecule has 0 spiro atoms. The molecule has 18 heavy (non-hydrogen) atoms. The van der Waals surface area contributed by atoms with Gasteiger partial charge in [0.2, 0.25) is 0 Å². The first-order valence-electron chi connectivity index (χ1n) is 6.98. The van der Waals surface area contributed by atoms with Crippen LogP contribution < -0.4 is 0 Å². The van der Waals surface area contributed by atoms with Crippen LogP contribution in [0.2, 0.25) is 0 Å². The molecule has 0 amide bonds. The zero-order chi connectivity index (χ0) is 13.2. The van der Waals surface area contributed by atoms with Crippen molar-refractivity contribution in [2.24, 2.45) is 0 Å². The first-order chi connectivity index (χ1) is 8.56. The van der Waals surface area contributed by atoms with Gasteiger partial charge in [-0.1, -0.05) is 25.7 Å². The third-order valence-corrected chi connectivity index (χ3v) is 5.45. The molecule has 0 saturated heterocycles. The Morgan fingerprint density at radius 1 is 1.17 bits per heavy atom. The Balaban J connectivity index is 2.28. The molecule has 1 fully saturated rings. The van der Waals surface area contributed by atoms with E-state index in [9.17, 15) is 5.11 Å². The molecule has 3 heteroatoms. The van der Waals surface area contributed by atoms with E-state index in [0.717, 1.165) is 17.7 Å². The van der Waals surface area contributed by atoms with Crippen LogP contribution in [0.3, 0.4) is 0 Å². The Morgan fingerprint density at radius 3 is 2.22 bits per heavy atom. The van der Waals surface area contributed by atoms with Crippen molar-refractivity contribution in [3.63, 3.8) is 0 Å². The van der Waals surface area contributed by atoms with Crippen molar-refractivity contribution in [1.29, 1.82) is 0 Å². The number of aliphatic hydroxyl groups is 1. The molecule has 102 valence electrons. The molecule has 2 rings (SSSR count). The molecule has 0 radical (unpaired) electrons. The van der Waals surface area contributed by atoms with Crippen LogP contribution >= 0.6 is 11.3 Å². The van der Waals surface area contributed by atoms with Gasteiger partial charge in [0.05, 0.1) is 5.54 Å². The number of hydrogen-bond acceptors (Lipinski definition) is 3. The summed E-state index contributed by atoms with van der Waals surface area (Å²) in [5.41, 5.74) is -0.0617. The highest BCUT2D eigenvalue weighted by atomic mass is 32.1. The molecular weight excluding hydrogens is 242 g/mol. The van der Waals surface area contributed by atoms with Crippen LogP contribution in [0.5, 0.6) is 0 Å². The molecule has 1 saturated carbocycles. The lowest BCUT2D eigenvalue weighted by atomic mass is 9.82. The maximum atomic E-state index is 10.9. The molecule has 1 heterocycles. The van der Waals surface area contributed by atoms with Crippen LogP contribution in [0, 0.1) is 6.92 Å². The number of likely N-dealkylation sites (N-methyl/N-ethyl adjacent to an activating group) is 1. The lowest BCUT2D eigenvalue weighted by molar-refractivity contribution is -0.0178. The van der Waals surface area contributed by atoms with Crippen molar-refractivity contribution >= 4 is 11.3 Å². The SMILES string of the molecule is Cc1ccc(C(O)C2(N(C)C)CCCCCC2)s1. The van der Waals surface area contributed by atoms with Crippen LogP contribution in [-0.2, 0) is 0 Å². The van der Waals surface area contributed by atoms with Crippen molar-refractivity contribution in [3.8, 4) is 0 Å². The molecule has 1 aromatic heterocycles. The molecule has 1 aliphatic rings.